The molecule has 3 rings (SSSR count). The first-order valence-electron chi connectivity index (χ1n) is 8.34. The third-order valence-electron chi connectivity index (χ3n) is 5.34. The molecule has 1 aliphatic carbocycles. The Morgan fingerprint density at radius 1 is 1.00 bits per heavy atom. The molecular weight excluding hydrogens is 282 g/mol. The Kier molecular flexibility index (Phi) is 3.66. The minimum Gasteiger partial charge on any atom is -0.287 e. The van der Waals surface area contributed by atoms with Crippen LogP contribution in [-0.4, -0.2) is 10.8 Å². The van der Waals surface area contributed by atoms with Gasteiger partial charge in [-0.1, -0.05) is 39.8 Å². The van der Waals surface area contributed by atoms with Crippen molar-refractivity contribution in [3.8, 4) is 0 Å². The van der Waals surface area contributed by atoms with Crippen LogP contribution < -0.4 is 0 Å². The average molecular weight is 307 g/mol. The van der Waals surface area contributed by atoms with E-state index < -0.39 is 0 Å². The molecule has 0 radical (unpaired) electrons. The van der Waals surface area contributed by atoms with Crippen molar-refractivity contribution in [2.24, 2.45) is 0 Å². The number of rotatable bonds is 2. The molecule has 0 saturated heterocycles. The number of benzene rings is 1. The van der Waals surface area contributed by atoms with Crippen molar-refractivity contribution in [2.45, 2.75) is 58.3 Å². The van der Waals surface area contributed by atoms with Gasteiger partial charge in [0.05, 0.1) is 0 Å². The lowest BCUT2D eigenvalue weighted by Gasteiger charge is -2.42. The molecule has 1 heterocycles. The first-order chi connectivity index (χ1) is 10.7. The van der Waals surface area contributed by atoms with E-state index in [1.54, 1.807) is 12.3 Å². The summed E-state index contributed by atoms with van der Waals surface area (Å²) >= 11 is 0. The van der Waals surface area contributed by atoms with Crippen LogP contribution in [0, 0.1) is 6.92 Å². The molecule has 2 aromatic rings. The number of carbonyl (C=O) groups excluding carboxylic acids is 1. The Hall–Kier alpha value is -1.96. The molecule has 2 heteroatoms. The van der Waals surface area contributed by atoms with E-state index in [-0.39, 0.29) is 16.6 Å². The second-order valence-electron chi connectivity index (χ2n) is 8.02. The summed E-state index contributed by atoms with van der Waals surface area (Å²) in [6.45, 7) is 11.2. The lowest BCUT2D eigenvalue weighted by Crippen LogP contribution is -2.34. The Morgan fingerprint density at radius 2 is 1.61 bits per heavy atom. The number of hydrogen-bond donors (Lipinski definition) is 0. The van der Waals surface area contributed by atoms with Crippen LogP contribution >= 0.6 is 0 Å². The molecule has 120 valence electrons. The van der Waals surface area contributed by atoms with Gasteiger partial charge in [0.25, 0.3) is 0 Å². The SMILES string of the molecule is Cc1cc2c(cc1C(=O)c1ccccn1)C(C)(C)CCC2(C)C. The largest absolute Gasteiger partial charge is 0.287 e. The van der Waals surface area contributed by atoms with Crippen molar-refractivity contribution >= 4 is 5.78 Å². The molecule has 0 aliphatic heterocycles. The lowest BCUT2D eigenvalue weighted by atomic mass is 9.62. The highest BCUT2D eigenvalue weighted by Gasteiger charge is 2.37. The zero-order valence-corrected chi connectivity index (χ0v) is 14.7. The van der Waals surface area contributed by atoms with Crippen LogP contribution in [0.3, 0.4) is 0 Å². The van der Waals surface area contributed by atoms with Crippen LogP contribution in [0.1, 0.15) is 73.3 Å². The van der Waals surface area contributed by atoms with Crippen LogP contribution in [0.4, 0.5) is 0 Å². The second kappa shape index (κ2) is 5.30. The van der Waals surface area contributed by atoms with E-state index in [4.69, 9.17) is 0 Å². The zero-order chi connectivity index (χ0) is 16.8. The van der Waals surface area contributed by atoms with Gasteiger partial charge in [0.2, 0.25) is 5.78 Å². The molecule has 0 bridgehead atoms. The summed E-state index contributed by atoms with van der Waals surface area (Å²) in [7, 11) is 0. The van der Waals surface area contributed by atoms with E-state index in [1.165, 1.54) is 17.5 Å². The minimum atomic E-state index is 0.0186. The van der Waals surface area contributed by atoms with Gasteiger partial charge in [-0.3, -0.25) is 9.78 Å². The standard InChI is InChI=1S/C21H25NO/c1-14-12-16-17(21(4,5)10-9-20(16,2)3)13-15(14)19(23)18-8-6-7-11-22-18/h6-8,11-13H,9-10H2,1-5H3. The molecule has 1 aromatic heterocycles. The Labute approximate surface area is 139 Å². The molecular formula is C21H25NO. The molecule has 0 fully saturated rings. The van der Waals surface area contributed by atoms with E-state index in [1.807, 2.05) is 19.1 Å². The monoisotopic (exact) mass is 307 g/mol. The van der Waals surface area contributed by atoms with E-state index in [9.17, 15) is 4.79 Å². The van der Waals surface area contributed by atoms with Crippen LogP contribution in [0.5, 0.6) is 0 Å². The Morgan fingerprint density at radius 3 is 2.17 bits per heavy atom. The summed E-state index contributed by atoms with van der Waals surface area (Å²) in [6.07, 6.45) is 4.00. The summed E-state index contributed by atoms with van der Waals surface area (Å²) < 4.78 is 0. The number of aromatic nitrogens is 1. The van der Waals surface area contributed by atoms with Gasteiger partial charge in [0.15, 0.2) is 0 Å². The number of nitrogens with zero attached hydrogens (tertiary/aromatic N) is 1. The summed E-state index contributed by atoms with van der Waals surface area (Å²) in [5.74, 6) is 0.0186. The summed E-state index contributed by atoms with van der Waals surface area (Å²) in [5.41, 5.74) is 5.34. The van der Waals surface area contributed by atoms with E-state index in [2.05, 4.69) is 44.8 Å². The zero-order valence-electron chi connectivity index (χ0n) is 14.7. The van der Waals surface area contributed by atoms with E-state index >= 15 is 0 Å². The molecule has 0 saturated carbocycles. The fourth-order valence-corrected chi connectivity index (χ4v) is 3.60. The first kappa shape index (κ1) is 15.9. The predicted octanol–water partition coefficient (Wildman–Crippen LogP) is 4.97. The van der Waals surface area contributed by atoms with Gasteiger partial charge in [-0.25, -0.2) is 0 Å². The maximum atomic E-state index is 12.9. The molecule has 1 aromatic carbocycles. The van der Waals surface area contributed by atoms with Crippen LogP contribution in [0.15, 0.2) is 36.5 Å². The molecule has 23 heavy (non-hydrogen) atoms. The highest BCUT2D eigenvalue weighted by atomic mass is 16.1. The molecule has 0 amide bonds. The Bertz CT molecular complexity index is 757. The van der Waals surface area contributed by atoms with Crippen molar-refractivity contribution in [3.05, 3.63) is 64.5 Å². The van der Waals surface area contributed by atoms with Gasteiger partial charge in [-0.2, -0.15) is 0 Å². The molecule has 0 atom stereocenters. The quantitative estimate of drug-likeness (QED) is 0.733. The average Bonchev–Trinajstić information content (AvgIpc) is 2.52. The van der Waals surface area contributed by atoms with Gasteiger partial charge >= 0.3 is 0 Å². The number of ketones is 1. The molecule has 0 N–H and O–H groups in total. The maximum absolute atomic E-state index is 12.9. The first-order valence-corrected chi connectivity index (χ1v) is 8.34. The second-order valence-corrected chi connectivity index (χ2v) is 8.02. The number of hydrogen-bond acceptors (Lipinski definition) is 2. The van der Waals surface area contributed by atoms with Crippen molar-refractivity contribution in [3.63, 3.8) is 0 Å². The van der Waals surface area contributed by atoms with Gasteiger partial charge in [-0.15, -0.1) is 0 Å². The highest BCUT2D eigenvalue weighted by Crippen LogP contribution is 2.46. The van der Waals surface area contributed by atoms with E-state index in [0.717, 1.165) is 17.5 Å². The third kappa shape index (κ3) is 2.71. The van der Waals surface area contributed by atoms with Crippen molar-refractivity contribution in [1.82, 2.24) is 4.98 Å². The van der Waals surface area contributed by atoms with Crippen molar-refractivity contribution in [1.29, 1.82) is 0 Å². The normalized spacial score (nSPS) is 18.3. The van der Waals surface area contributed by atoms with Crippen molar-refractivity contribution in [2.75, 3.05) is 0 Å². The summed E-state index contributed by atoms with van der Waals surface area (Å²) in [6, 6.07) is 9.84. The number of aryl methyl sites for hydroxylation is 1. The predicted molar refractivity (Wildman–Crippen MR) is 94.1 cm³/mol. The summed E-state index contributed by atoms with van der Waals surface area (Å²) in [5, 5.41) is 0. The van der Waals surface area contributed by atoms with Gasteiger partial charge < -0.3 is 0 Å². The van der Waals surface area contributed by atoms with E-state index in [0.29, 0.717) is 5.69 Å². The summed E-state index contributed by atoms with van der Waals surface area (Å²) in [4.78, 5) is 17.1. The fourth-order valence-electron chi connectivity index (χ4n) is 3.60. The highest BCUT2D eigenvalue weighted by molar-refractivity contribution is 6.08. The molecule has 2 nitrogen and oxygen atoms in total. The number of pyridine rings is 1. The van der Waals surface area contributed by atoms with Crippen LogP contribution in [0.25, 0.3) is 0 Å². The van der Waals surface area contributed by atoms with Gasteiger partial charge in [0.1, 0.15) is 5.69 Å². The minimum absolute atomic E-state index is 0.0186. The van der Waals surface area contributed by atoms with Gasteiger partial charge in [-0.05, 0) is 65.5 Å². The molecule has 0 unspecified atom stereocenters. The number of fused-ring (bicyclic) bond motifs is 1. The van der Waals surface area contributed by atoms with Crippen molar-refractivity contribution < 1.29 is 4.79 Å². The fraction of sp³-hybridized carbons (Fsp3) is 0.429. The number of carbonyl (C=O) groups is 1. The Balaban J connectivity index is 2.17. The van der Waals surface area contributed by atoms with Gasteiger partial charge in [0, 0.05) is 11.8 Å². The van der Waals surface area contributed by atoms with Crippen LogP contribution in [-0.2, 0) is 10.8 Å². The molecule has 0 spiro atoms. The van der Waals surface area contributed by atoms with Crippen LogP contribution in [0.2, 0.25) is 0 Å². The maximum Gasteiger partial charge on any atom is 0.211 e. The molecule has 1 aliphatic rings. The smallest absolute Gasteiger partial charge is 0.211 e. The third-order valence-corrected chi connectivity index (χ3v) is 5.34. The topological polar surface area (TPSA) is 30.0 Å². The lowest BCUT2D eigenvalue weighted by molar-refractivity contribution is 0.103.